The number of carbonyl (C=O) groups excluding carboxylic acids is 1. The predicted octanol–water partition coefficient (Wildman–Crippen LogP) is 3.14. The highest BCUT2D eigenvalue weighted by molar-refractivity contribution is 5.74. The highest BCUT2D eigenvalue weighted by atomic mass is 16.2. The number of hydrogen-bond acceptors (Lipinski definition) is 6. The van der Waals surface area contributed by atoms with Crippen LogP contribution in [0.3, 0.4) is 0 Å². The first-order valence-corrected chi connectivity index (χ1v) is 11.9. The van der Waals surface area contributed by atoms with Gasteiger partial charge in [0.2, 0.25) is 5.91 Å². The quantitative estimate of drug-likeness (QED) is 0.798. The van der Waals surface area contributed by atoms with Crippen LogP contribution in [0.15, 0.2) is 18.2 Å². The summed E-state index contributed by atoms with van der Waals surface area (Å²) in [5.41, 5.74) is 6.58. The van der Waals surface area contributed by atoms with Crippen LogP contribution >= 0.6 is 0 Å². The number of likely N-dealkylation sites (tertiary alicyclic amines) is 1. The van der Waals surface area contributed by atoms with E-state index in [1.54, 1.807) is 6.92 Å². The molecule has 0 spiro atoms. The van der Waals surface area contributed by atoms with Gasteiger partial charge < -0.3 is 15.1 Å². The normalized spacial score (nSPS) is 20.8. The van der Waals surface area contributed by atoms with E-state index in [0.717, 1.165) is 69.3 Å². The standard InChI is InChI=1S/C25H34N6O/c1-17(32)31-12-5-7-23(31)25-27-21-10-13-30(16-20(21)24(26-2)28-25)15-18-8-9-22-19(14-18)6-4-11-29(22)3/h8-9,14,23H,4-7,10-13,15-16H2,1-3H3,(H,26,27,28). The second kappa shape index (κ2) is 8.70. The summed E-state index contributed by atoms with van der Waals surface area (Å²) in [6, 6.07) is 6.98. The van der Waals surface area contributed by atoms with E-state index in [1.165, 1.54) is 35.2 Å². The number of amides is 1. The number of aryl methyl sites for hydroxylation is 1. The zero-order chi connectivity index (χ0) is 22.2. The van der Waals surface area contributed by atoms with Crippen LogP contribution in [0.5, 0.6) is 0 Å². The summed E-state index contributed by atoms with van der Waals surface area (Å²) in [5.74, 6) is 1.83. The van der Waals surface area contributed by atoms with Crippen molar-refractivity contribution in [1.82, 2.24) is 19.8 Å². The predicted molar refractivity (Wildman–Crippen MR) is 127 cm³/mol. The molecule has 1 aromatic carbocycles. The molecule has 1 amide bonds. The van der Waals surface area contributed by atoms with Crippen molar-refractivity contribution < 1.29 is 4.79 Å². The summed E-state index contributed by atoms with van der Waals surface area (Å²) >= 11 is 0. The van der Waals surface area contributed by atoms with Gasteiger partial charge in [0.15, 0.2) is 5.82 Å². The van der Waals surface area contributed by atoms with Gasteiger partial charge in [-0.05, 0) is 42.9 Å². The van der Waals surface area contributed by atoms with Crippen LogP contribution in [0.2, 0.25) is 0 Å². The number of benzene rings is 1. The molecule has 2 aromatic rings. The number of nitrogens with zero attached hydrogens (tertiary/aromatic N) is 5. The number of hydrogen-bond donors (Lipinski definition) is 1. The van der Waals surface area contributed by atoms with E-state index in [-0.39, 0.29) is 11.9 Å². The highest BCUT2D eigenvalue weighted by Gasteiger charge is 2.32. The van der Waals surface area contributed by atoms with E-state index in [0.29, 0.717) is 0 Å². The van der Waals surface area contributed by atoms with Crippen LogP contribution in [0.4, 0.5) is 11.5 Å². The minimum absolute atomic E-state index is 0.0107. The molecule has 5 rings (SSSR count). The van der Waals surface area contributed by atoms with Gasteiger partial charge in [0.25, 0.3) is 0 Å². The molecule has 7 heteroatoms. The lowest BCUT2D eigenvalue weighted by atomic mass is 9.98. The van der Waals surface area contributed by atoms with Crippen LogP contribution in [0, 0.1) is 0 Å². The summed E-state index contributed by atoms with van der Waals surface area (Å²) < 4.78 is 0. The Hall–Kier alpha value is -2.67. The molecule has 1 saturated heterocycles. The molecule has 7 nitrogen and oxygen atoms in total. The van der Waals surface area contributed by atoms with Crippen molar-refractivity contribution in [3.8, 4) is 0 Å². The molecule has 1 atom stereocenters. The van der Waals surface area contributed by atoms with E-state index in [1.807, 2.05) is 11.9 Å². The Bertz CT molecular complexity index is 1000. The van der Waals surface area contributed by atoms with Crippen LogP contribution in [-0.4, -0.2) is 59.4 Å². The lowest BCUT2D eigenvalue weighted by molar-refractivity contribution is -0.129. The first-order chi connectivity index (χ1) is 15.5. The fourth-order valence-electron chi connectivity index (χ4n) is 5.59. The van der Waals surface area contributed by atoms with Gasteiger partial charge >= 0.3 is 0 Å². The Morgan fingerprint density at radius 2 is 2.03 bits per heavy atom. The molecule has 1 aromatic heterocycles. The first-order valence-electron chi connectivity index (χ1n) is 11.9. The minimum atomic E-state index is 0.0107. The monoisotopic (exact) mass is 434 g/mol. The average molecular weight is 435 g/mol. The van der Waals surface area contributed by atoms with Crippen molar-refractivity contribution in [2.24, 2.45) is 0 Å². The van der Waals surface area contributed by atoms with Gasteiger partial charge in [0.05, 0.1) is 11.7 Å². The van der Waals surface area contributed by atoms with Crippen LogP contribution in [-0.2, 0) is 30.7 Å². The van der Waals surface area contributed by atoms with E-state index in [9.17, 15) is 4.79 Å². The number of rotatable bonds is 4. The Balaban J connectivity index is 1.35. The Morgan fingerprint density at radius 1 is 1.16 bits per heavy atom. The van der Waals surface area contributed by atoms with Crippen LogP contribution in [0.1, 0.15) is 60.4 Å². The molecule has 4 heterocycles. The zero-order valence-corrected chi connectivity index (χ0v) is 19.5. The SMILES string of the molecule is CNc1nc(C2CCCN2C(C)=O)nc2c1CN(Cc1ccc3c(c1)CCCN3C)CC2. The van der Waals surface area contributed by atoms with Crippen molar-refractivity contribution in [3.05, 3.63) is 46.4 Å². The molecule has 0 radical (unpaired) electrons. The fourth-order valence-corrected chi connectivity index (χ4v) is 5.59. The third-order valence-electron chi connectivity index (χ3n) is 7.25. The third-order valence-corrected chi connectivity index (χ3v) is 7.25. The van der Waals surface area contributed by atoms with Crippen molar-refractivity contribution in [1.29, 1.82) is 0 Å². The fraction of sp³-hybridized carbons (Fsp3) is 0.560. The molecule has 0 aliphatic carbocycles. The van der Waals surface area contributed by atoms with Crippen molar-refractivity contribution in [3.63, 3.8) is 0 Å². The molecule has 1 fully saturated rings. The molecule has 0 bridgehead atoms. The third kappa shape index (κ3) is 3.94. The van der Waals surface area contributed by atoms with Crippen molar-refractivity contribution >= 4 is 17.4 Å². The maximum Gasteiger partial charge on any atom is 0.220 e. The van der Waals surface area contributed by atoms with Gasteiger partial charge in [0, 0.05) is 71.4 Å². The Labute approximate surface area is 190 Å². The molecule has 1 unspecified atom stereocenters. The maximum absolute atomic E-state index is 12.0. The molecule has 0 saturated carbocycles. The smallest absolute Gasteiger partial charge is 0.220 e. The number of aromatic nitrogens is 2. The van der Waals surface area contributed by atoms with E-state index in [2.05, 4.69) is 40.4 Å². The topological polar surface area (TPSA) is 64.6 Å². The Morgan fingerprint density at radius 3 is 2.84 bits per heavy atom. The number of carbonyl (C=O) groups is 1. The molecule has 170 valence electrons. The van der Waals surface area contributed by atoms with Crippen LogP contribution in [0.25, 0.3) is 0 Å². The first kappa shape index (κ1) is 21.2. The molecule has 1 N–H and O–H groups in total. The second-order valence-electron chi connectivity index (χ2n) is 9.42. The minimum Gasteiger partial charge on any atom is -0.374 e. The number of fused-ring (bicyclic) bond motifs is 2. The molecular weight excluding hydrogens is 400 g/mol. The summed E-state index contributed by atoms with van der Waals surface area (Å²) in [4.78, 5) is 28.7. The maximum atomic E-state index is 12.0. The molecule has 3 aliphatic rings. The summed E-state index contributed by atoms with van der Waals surface area (Å²) in [7, 11) is 4.12. The van der Waals surface area contributed by atoms with Crippen molar-refractivity contribution in [2.75, 3.05) is 43.9 Å². The molecule has 3 aliphatic heterocycles. The average Bonchev–Trinajstić information content (AvgIpc) is 3.29. The van der Waals surface area contributed by atoms with E-state index >= 15 is 0 Å². The lowest BCUT2D eigenvalue weighted by Gasteiger charge is -2.32. The van der Waals surface area contributed by atoms with Gasteiger partial charge in [0.1, 0.15) is 5.82 Å². The summed E-state index contributed by atoms with van der Waals surface area (Å²) in [6.45, 7) is 6.39. The van der Waals surface area contributed by atoms with Crippen LogP contribution < -0.4 is 10.2 Å². The molecular formula is C25H34N6O. The van der Waals surface area contributed by atoms with E-state index < -0.39 is 0 Å². The summed E-state index contributed by atoms with van der Waals surface area (Å²) in [6.07, 6.45) is 5.29. The van der Waals surface area contributed by atoms with Gasteiger partial charge in [-0.15, -0.1) is 0 Å². The lowest BCUT2D eigenvalue weighted by Crippen LogP contribution is -2.33. The number of nitrogens with one attached hydrogen (secondary N) is 1. The van der Waals surface area contributed by atoms with Crippen molar-refractivity contribution in [2.45, 2.75) is 58.2 Å². The largest absolute Gasteiger partial charge is 0.374 e. The van der Waals surface area contributed by atoms with Gasteiger partial charge in [-0.2, -0.15) is 0 Å². The Kier molecular flexibility index (Phi) is 5.76. The second-order valence-corrected chi connectivity index (χ2v) is 9.42. The zero-order valence-electron chi connectivity index (χ0n) is 19.5. The van der Waals surface area contributed by atoms with Gasteiger partial charge in [-0.25, -0.2) is 9.97 Å². The highest BCUT2D eigenvalue weighted by Crippen LogP contribution is 2.33. The van der Waals surface area contributed by atoms with Gasteiger partial charge in [-0.1, -0.05) is 12.1 Å². The van der Waals surface area contributed by atoms with Gasteiger partial charge in [-0.3, -0.25) is 9.69 Å². The summed E-state index contributed by atoms with van der Waals surface area (Å²) in [5, 5.41) is 3.31. The van der Waals surface area contributed by atoms with E-state index in [4.69, 9.17) is 9.97 Å². The molecule has 32 heavy (non-hydrogen) atoms. The number of anilines is 2.